The average molecular weight is 469 g/mol. The van der Waals surface area contributed by atoms with E-state index >= 15 is 0 Å². The lowest BCUT2D eigenvalue weighted by molar-refractivity contribution is -0.118. The smallest absolute Gasteiger partial charge is 0.412 e. The van der Waals surface area contributed by atoms with Crippen LogP contribution >= 0.6 is 0 Å². The molecule has 9 nitrogen and oxygen atoms in total. The van der Waals surface area contributed by atoms with Crippen molar-refractivity contribution in [2.24, 2.45) is 0 Å². The van der Waals surface area contributed by atoms with Crippen molar-refractivity contribution >= 4 is 35.0 Å². The monoisotopic (exact) mass is 469 g/mol. The summed E-state index contributed by atoms with van der Waals surface area (Å²) in [7, 11) is 0. The molecule has 0 aliphatic heterocycles. The first-order valence-corrected chi connectivity index (χ1v) is 10.3. The van der Waals surface area contributed by atoms with E-state index in [4.69, 9.17) is 13.9 Å². The zero-order valence-corrected chi connectivity index (χ0v) is 18.8. The van der Waals surface area contributed by atoms with Crippen LogP contribution in [0.3, 0.4) is 0 Å². The van der Waals surface area contributed by atoms with Crippen molar-refractivity contribution in [3.63, 3.8) is 0 Å². The van der Waals surface area contributed by atoms with Gasteiger partial charge in [0.25, 0.3) is 11.8 Å². The van der Waals surface area contributed by atoms with Gasteiger partial charge in [-0.1, -0.05) is 6.07 Å². The molecule has 0 radical (unpaired) electrons. The van der Waals surface area contributed by atoms with Crippen LogP contribution in [0.5, 0.6) is 5.75 Å². The fraction of sp³-hybridized carbons (Fsp3) is 0.208. The van der Waals surface area contributed by atoms with Gasteiger partial charge in [-0.3, -0.25) is 14.9 Å². The van der Waals surface area contributed by atoms with Crippen LogP contribution in [0.25, 0.3) is 0 Å². The number of benzene rings is 2. The summed E-state index contributed by atoms with van der Waals surface area (Å²) in [6, 6.07) is 13.1. The van der Waals surface area contributed by atoms with Gasteiger partial charge in [-0.15, -0.1) is 0 Å². The molecule has 0 saturated heterocycles. The number of hydrogen-bond acceptors (Lipinski definition) is 6. The first-order valence-electron chi connectivity index (χ1n) is 10.3. The number of rotatable bonds is 7. The van der Waals surface area contributed by atoms with E-state index in [2.05, 4.69) is 16.0 Å². The number of hydrogen-bond donors (Lipinski definition) is 3. The van der Waals surface area contributed by atoms with Gasteiger partial charge in [-0.2, -0.15) is 0 Å². The second-order valence-corrected chi connectivity index (χ2v) is 8.11. The number of carbonyl (C=O) groups is 3. The Hall–Kier alpha value is -4.34. The number of ether oxygens (including phenoxy) is 2. The quantitative estimate of drug-likeness (QED) is 0.446. The molecule has 178 valence electrons. The van der Waals surface area contributed by atoms with E-state index in [-0.39, 0.29) is 17.1 Å². The van der Waals surface area contributed by atoms with Crippen molar-refractivity contribution in [1.29, 1.82) is 0 Å². The third-order valence-corrected chi connectivity index (χ3v) is 4.10. The molecule has 34 heavy (non-hydrogen) atoms. The lowest BCUT2D eigenvalue weighted by atomic mass is 10.2. The Balaban J connectivity index is 1.59. The minimum absolute atomic E-state index is 0.0407. The van der Waals surface area contributed by atoms with Crippen molar-refractivity contribution in [2.45, 2.75) is 26.4 Å². The van der Waals surface area contributed by atoms with Gasteiger partial charge in [0, 0.05) is 11.8 Å². The van der Waals surface area contributed by atoms with Gasteiger partial charge >= 0.3 is 6.09 Å². The van der Waals surface area contributed by atoms with E-state index in [9.17, 15) is 18.8 Å². The van der Waals surface area contributed by atoms with Gasteiger partial charge in [-0.25, -0.2) is 9.18 Å². The highest BCUT2D eigenvalue weighted by Crippen LogP contribution is 2.24. The van der Waals surface area contributed by atoms with Crippen LogP contribution in [0.1, 0.15) is 31.3 Å². The Kier molecular flexibility index (Phi) is 7.52. The van der Waals surface area contributed by atoms with Gasteiger partial charge in [0.1, 0.15) is 17.2 Å². The zero-order chi connectivity index (χ0) is 24.7. The van der Waals surface area contributed by atoms with Crippen LogP contribution in [-0.2, 0) is 9.53 Å². The predicted molar refractivity (Wildman–Crippen MR) is 123 cm³/mol. The molecule has 1 aromatic heterocycles. The van der Waals surface area contributed by atoms with Crippen molar-refractivity contribution in [3.8, 4) is 5.75 Å². The van der Waals surface area contributed by atoms with Crippen LogP contribution in [0, 0.1) is 5.82 Å². The molecule has 3 aromatic rings. The summed E-state index contributed by atoms with van der Waals surface area (Å²) in [6.07, 6.45) is 0.638. The van der Waals surface area contributed by atoms with Crippen LogP contribution in [-0.4, -0.2) is 30.1 Å². The molecule has 0 spiro atoms. The highest BCUT2D eigenvalue weighted by Gasteiger charge is 2.18. The van der Waals surface area contributed by atoms with Gasteiger partial charge in [0.2, 0.25) is 0 Å². The molecule has 3 N–H and O–H groups in total. The Bertz CT molecular complexity index is 1170. The third kappa shape index (κ3) is 7.37. The van der Waals surface area contributed by atoms with Crippen molar-refractivity contribution < 1.29 is 32.7 Å². The standard InChI is InChI=1S/C24H24FN3O6/c1-24(2,3)34-23(31)28-18-10-9-15(25)12-19(18)27-21(29)14-33-17-7-4-6-16(13-17)26-22(30)20-8-5-11-32-20/h4-13H,14H2,1-3H3,(H,26,30)(H,27,29)(H,28,31). The molecule has 0 bridgehead atoms. The van der Waals surface area contributed by atoms with Crippen molar-refractivity contribution in [1.82, 2.24) is 0 Å². The van der Waals surface area contributed by atoms with E-state index < -0.39 is 35.9 Å². The first-order chi connectivity index (χ1) is 16.1. The summed E-state index contributed by atoms with van der Waals surface area (Å²) < 4.78 is 29.4. The first kappa shape index (κ1) is 24.3. The van der Waals surface area contributed by atoms with Crippen LogP contribution < -0.4 is 20.7 Å². The highest BCUT2D eigenvalue weighted by molar-refractivity contribution is 6.02. The Labute approximate surface area is 195 Å². The summed E-state index contributed by atoms with van der Waals surface area (Å²) in [5, 5.41) is 7.63. The van der Waals surface area contributed by atoms with Crippen molar-refractivity contribution in [3.05, 3.63) is 72.4 Å². The molecular weight excluding hydrogens is 445 g/mol. The van der Waals surface area contributed by atoms with Crippen molar-refractivity contribution in [2.75, 3.05) is 22.6 Å². The van der Waals surface area contributed by atoms with E-state index in [1.807, 2.05) is 0 Å². The molecule has 3 amide bonds. The molecule has 0 atom stereocenters. The Morgan fingerprint density at radius 1 is 0.941 bits per heavy atom. The average Bonchev–Trinajstić information content (AvgIpc) is 3.28. The fourth-order valence-corrected chi connectivity index (χ4v) is 2.74. The second kappa shape index (κ2) is 10.5. The van der Waals surface area contributed by atoms with Crippen LogP contribution in [0.4, 0.5) is 26.2 Å². The van der Waals surface area contributed by atoms with Crippen LogP contribution in [0.15, 0.2) is 65.3 Å². The molecule has 0 aliphatic rings. The van der Waals surface area contributed by atoms with Gasteiger partial charge in [-0.05, 0) is 63.2 Å². The molecule has 1 heterocycles. The lowest BCUT2D eigenvalue weighted by Gasteiger charge is -2.20. The largest absolute Gasteiger partial charge is 0.484 e. The van der Waals surface area contributed by atoms with Crippen LogP contribution in [0.2, 0.25) is 0 Å². The Morgan fingerprint density at radius 3 is 2.44 bits per heavy atom. The lowest BCUT2D eigenvalue weighted by Crippen LogP contribution is -2.28. The molecular formula is C24H24FN3O6. The van der Waals surface area contributed by atoms with E-state index in [1.165, 1.54) is 24.5 Å². The Morgan fingerprint density at radius 2 is 1.74 bits per heavy atom. The third-order valence-electron chi connectivity index (χ3n) is 4.10. The predicted octanol–water partition coefficient (Wildman–Crippen LogP) is 5.04. The number of anilines is 3. The van der Waals surface area contributed by atoms with E-state index in [0.717, 1.165) is 12.1 Å². The van der Waals surface area contributed by atoms with Gasteiger partial charge in [0.15, 0.2) is 12.4 Å². The minimum atomic E-state index is -0.751. The molecule has 3 rings (SSSR count). The summed E-state index contributed by atoms with van der Waals surface area (Å²) in [5.74, 6) is -1.17. The summed E-state index contributed by atoms with van der Waals surface area (Å²) in [6.45, 7) is 4.70. The number of amides is 3. The summed E-state index contributed by atoms with van der Waals surface area (Å²) >= 11 is 0. The normalized spacial score (nSPS) is 10.8. The van der Waals surface area contributed by atoms with E-state index in [1.54, 1.807) is 45.0 Å². The maximum Gasteiger partial charge on any atom is 0.412 e. The SMILES string of the molecule is CC(C)(C)OC(=O)Nc1ccc(F)cc1NC(=O)COc1cccc(NC(=O)c2ccco2)c1. The molecule has 10 heteroatoms. The summed E-state index contributed by atoms with van der Waals surface area (Å²) in [4.78, 5) is 36.5. The number of nitrogens with one attached hydrogen (secondary N) is 3. The summed E-state index contributed by atoms with van der Waals surface area (Å²) in [5.41, 5.74) is -0.0910. The van der Waals surface area contributed by atoms with Gasteiger partial charge < -0.3 is 24.5 Å². The molecule has 2 aromatic carbocycles. The maximum absolute atomic E-state index is 13.7. The molecule has 0 saturated carbocycles. The topological polar surface area (TPSA) is 119 Å². The fourth-order valence-electron chi connectivity index (χ4n) is 2.74. The highest BCUT2D eigenvalue weighted by atomic mass is 19.1. The molecule has 0 fully saturated rings. The molecule has 0 unspecified atom stereocenters. The second-order valence-electron chi connectivity index (χ2n) is 8.11. The molecule has 0 aliphatic carbocycles. The number of carbonyl (C=O) groups excluding carboxylic acids is 3. The zero-order valence-electron chi connectivity index (χ0n) is 18.8. The number of furan rings is 1. The number of halogens is 1. The van der Waals surface area contributed by atoms with Gasteiger partial charge in [0.05, 0.1) is 17.6 Å². The minimum Gasteiger partial charge on any atom is -0.484 e. The maximum atomic E-state index is 13.7. The van der Waals surface area contributed by atoms with E-state index in [0.29, 0.717) is 11.4 Å².